The predicted octanol–water partition coefficient (Wildman–Crippen LogP) is 3.05. The fourth-order valence-electron chi connectivity index (χ4n) is 4.39. The van der Waals surface area contributed by atoms with Crippen molar-refractivity contribution in [1.82, 2.24) is 4.57 Å². The van der Waals surface area contributed by atoms with Crippen LogP contribution >= 0.6 is 0 Å². The highest BCUT2D eigenvalue weighted by Gasteiger charge is 2.28. The molecule has 0 unspecified atom stereocenters. The standard InChI is InChI=1S/C25H21N3O4S/c1-28-21-11-10-20(27-13-12-15-6-8-16(9-7-15)33(26,31)32)24-23(21)19(14-22(28)29)17-4-2-3-5-18(17)25(24)30/h2-11,14,27H,12-13H2,1H3,(H2,26,31,32). The van der Waals surface area contributed by atoms with Gasteiger partial charge in [0.25, 0.3) is 5.56 Å². The van der Waals surface area contributed by atoms with E-state index < -0.39 is 10.0 Å². The monoisotopic (exact) mass is 459 g/mol. The first kappa shape index (κ1) is 21.1. The zero-order chi connectivity index (χ0) is 23.3. The minimum absolute atomic E-state index is 0.0700. The van der Waals surface area contributed by atoms with Gasteiger partial charge in [-0.3, -0.25) is 9.59 Å². The summed E-state index contributed by atoms with van der Waals surface area (Å²) in [6, 6.07) is 19.0. The van der Waals surface area contributed by atoms with Crippen LogP contribution in [0.5, 0.6) is 0 Å². The van der Waals surface area contributed by atoms with Crippen LogP contribution in [0.25, 0.3) is 22.0 Å². The van der Waals surface area contributed by atoms with Crippen molar-refractivity contribution < 1.29 is 13.2 Å². The van der Waals surface area contributed by atoms with E-state index >= 15 is 0 Å². The highest BCUT2D eigenvalue weighted by Crippen LogP contribution is 2.41. The molecule has 0 amide bonds. The van der Waals surface area contributed by atoms with Gasteiger partial charge in [-0.1, -0.05) is 36.4 Å². The Bertz CT molecular complexity index is 1600. The maximum absolute atomic E-state index is 13.5. The number of ketones is 1. The van der Waals surface area contributed by atoms with Crippen LogP contribution in [0.1, 0.15) is 21.5 Å². The highest BCUT2D eigenvalue weighted by atomic mass is 32.2. The first-order valence-electron chi connectivity index (χ1n) is 10.4. The Morgan fingerprint density at radius 1 is 0.909 bits per heavy atom. The molecule has 0 aliphatic heterocycles. The van der Waals surface area contributed by atoms with Gasteiger partial charge < -0.3 is 9.88 Å². The number of carbonyl (C=O) groups excluding carboxylic acids is 1. The summed E-state index contributed by atoms with van der Waals surface area (Å²) in [6.07, 6.45) is 0.618. The third kappa shape index (κ3) is 3.53. The topological polar surface area (TPSA) is 111 Å². The zero-order valence-corrected chi connectivity index (χ0v) is 18.6. The first-order valence-corrected chi connectivity index (χ1v) is 12.0. The maximum Gasteiger partial charge on any atom is 0.251 e. The number of primary sulfonamides is 1. The van der Waals surface area contributed by atoms with Crippen molar-refractivity contribution in [1.29, 1.82) is 0 Å². The molecule has 0 saturated heterocycles. The van der Waals surface area contributed by atoms with Crippen molar-refractivity contribution in [2.45, 2.75) is 11.3 Å². The highest BCUT2D eigenvalue weighted by molar-refractivity contribution is 7.89. The average molecular weight is 460 g/mol. The lowest BCUT2D eigenvalue weighted by Crippen LogP contribution is -2.21. The van der Waals surface area contributed by atoms with Gasteiger partial charge in [-0.15, -0.1) is 0 Å². The molecule has 5 rings (SSSR count). The third-order valence-electron chi connectivity index (χ3n) is 6.08. The zero-order valence-electron chi connectivity index (χ0n) is 17.8. The number of anilines is 1. The number of aromatic nitrogens is 1. The van der Waals surface area contributed by atoms with E-state index in [-0.39, 0.29) is 16.2 Å². The van der Waals surface area contributed by atoms with Gasteiger partial charge in [-0.25, -0.2) is 13.6 Å². The molecule has 3 aromatic carbocycles. The van der Waals surface area contributed by atoms with Crippen LogP contribution in [-0.2, 0) is 23.5 Å². The van der Waals surface area contributed by atoms with Gasteiger partial charge in [0, 0.05) is 36.3 Å². The largest absolute Gasteiger partial charge is 0.384 e. The van der Waals surface area contributed by atoms with Gasteiger partial charge in [-0.05, 0) is 47.4 Å². The Hall–Kier alpha value is -3.75. The van der Waals surface area contributed by atoms with Crippen molar-refractivity contribution in [2.75, 3.05) is 11.9 Å². The number of hydrogen-bond donors (Lipinski definition) is 2. The average Bonchev–Trinajstić information content (AvgIpc) is 2.80. The van der Waals surface area contributed by atoms with Crippen LogP contribution in [0.4, 0.5) is 5.69 Å². The second kappa shape index (κ2) is 7.68. The number of aryl methyl sites for hydroxylation is 1. The number of pyridine rings is 1. The van der Waals surface area contributed by atoms with Crippen molar-refractivity contribution in [3.8, 4) is 11.1 Å². The Morgan fingerprint density at radius 3 is 2.30 bits per heavy atom. The van der Waals surface area contributed by atoms with E-state index in [4.69, 9.17) is 5.14 Å². The number of nitrogens with one attached hydrogen (secondary N) is 1. The van der Waals surface area contributed by atoms with Crippen LogP contribution in [0, 0.1) is 0 Å². The molecule has 7 nitrogen and oxygen atoms in total. The molecule has 0 bridgehead atoms. The van der Waals surface area contributed by atoms with E-state index in [2.05, 4.69) is 5.32 Å². The second-order valence-electron chi connectivity index (χ2n) is 8.08. The SMILES string of the molecule is Cn1c(=O)cc2c3c(c(NCCc4ccc(S(N)(=O)=O)cc4)ccc31)C(=O)c1ccccc1-2. The summed E-state index contributed by atoms with van der Waals surface area (Å²) in [6.45, 7) is 0.531. The predicted molar refractivity (Wildman–Crippen MR) is 128 cm³/mol. The van der Waals surface area contributed by atoms with Crippen LogP contribution in [0.15, 0.2) is 76.4 Å². The number of rotatable bonds is 5. The van der Waals surface area contributed by atoms with Crippen molar-refractivity contribution >= 4 is 32.4 Å². The number of hydrogen-bond acceptors (Lipinski definition) is 5. The number of fused-ring (bicyclic) bond motifs is 2. The fourth-order valence-corrected chi connectivity index (χ4v) is 4.90. The molecule has 8 heteroatoms. The molecule has 0 spiro atoms. The number of nitrogens with zero attached hydrogens (tertiary/aromatic N) is 1. The summed E-state index contributed by atoms with van der Waals surface area (Å²) in [7, 11) is -2.02. The van der Waals surface area contributed by atoms with E-state index in [0.717, 1.165) is 22.1 Å². The van der Waals surface area contributed by atoms with Gasteiger partial charge >= 0.3 is 0 Å². The van der Waals surface area contributed by atoms with Gasteiger partial charge in [0.15, 0.2) is 5.78 Å². The smallest absolute Gasteiger partial charge is 0.251 e. The minimum Gasteiger partial charge on any atom is -0.384 e. The van der Waals surface area contributed by atoms with E-state index in [1.807, 2.05) is 30.3 Å². The lowest BCUT2D eigenvalue weighted by Gasteiger charge is -2.23. The summed E-state index contributed by atoms with van der Waals surface area (Å²) in [4.78, 5) is 26.1. The Kier molecular flexibility index (Phi) is 4.92. The third-order valence-corrected chi connectivity index (χ3v) is 7.01. The molecule has 1 aliphatic rings. The Labute approximate surface area is 190 Å². The van der Waals surface area contributed by atoms with E-state index in [1.54, 1.807) is 35.9 Å². The number of benzene rings is 3. The van der Waals surface area contributed by atoms with Crippen molar-refractivity contribution in [3.05, 3.63) is 93.8 Å². The quantitative estimate of drug-likeness (QED) is 0.420. The maximum atomic E-state index is 13.5. The molecule has 0 fully saturated rings. The van der Waals surface area contributed by atoms with E-state index in [0.29, 0.717) is 35.3 Å². The van der Waals surface area contributed by atoms with E-state index in [1.165, 1.54) is 12.1 Å². The van der Waals surface area contributed by atoms with Gasteiger partial charge in [0.05, 0.1) is 16.0 Å². The normalized spacial score (nSPS) is 12.6. The molecule has 3 N–H and O–H groups in total. The number of sulfonamides is 1. The summed E-state index contributed by atoms with van der Waals surface area (Å²) in [5.41, 5.74) is 4.88. The summed E-state index contributed by atoms with van der Waals surface area (Å²) < 4.78 is 24.4. The Balaban J connectivity index is 1.52. The molecule has 1 aromatic heterocycles. The Morgan fingerprint density at radius 2 is 1.61 bits per heavy atom. The number of carbonyl (C=O) groups is 1. The fraction of sp³-hybridized carbons (Fsp3) is 0.120. The molecule has 0 atom stereocenters. The second-order valence-corrected chi connectivity index (χ2v) is 9.64. The first-order chi connectivity index (χ1) is 15.8. The summed E-state index contributed by atoms with van der Waals surface area (Å²) >= 11 is 0. The van der Waals surface area contributed by atoms with Crippen molar-refractivity contribution in [3.63, 3.8) is 0 Å². The van der Waals surface area contributed by atoms with Crippen LogP contribution < -0.4 is 16.0 Å². The van der Waals surface area contributed by atoms with Crippen LogP contribution in [-0.4, -0.2) is 25.3 Å². The van der Waals surface area contributed by atoms with Gasteiger partial charge in [0.2, 0.25) is 10.0 Å². The molecule has 0 saturated carbocycles. The molecule has 0 radical (unpaired) electrons. The molecule has 4 aromatic rings. The van der Waals surface area contributed by atoms with Gasteiger partial charge in [0.1, 0.15) is 0 Å². The van der Waals surface area contributed by atoms with Crippen LogP contribution in [0.3, 0.4) is 0 Å². The molecule has 166 valence electrons. The van der Waals surface area contributed by atoms with Gasteiger partial charge in [-0.2, -0.15) is 0 Å². The van der Waals surface area contributed by atoms with Crippen LogP contribution in [0.2, 0.25) is 0 Å². The van der Waals surface area contributed by atoms with Crippen molar-refractivity contribution in [2.24, 2.45) is 12.2 Å². The molecule has 1 aliphatic carbocycles. The minimum atomic E-state index is -3.73. The molecule has 1 heterocycles. The molecular weight excluding hydrogens is 438 g/mol. The number of nitrogens with two attached hydrogens (primary N) is 1. The summed E-state index contributed by atoms with van der Waals surface area (Å²) in [5, 5.41) is 9.27. The molecular formula is C25H21N3O4S. The van der Waals surface area contributed by atoms with E-state index in [9.17, 15) is 18.0 Å². The lowest BCUT2D eigenvalue weighted by molar-refractivity contribution is 0.104. The summed E-state index contributed by atoms with van der Waals surface area (Å²) in [5.74, 6) is -0.0812. The lowest BCUT2D eigenvalue weighted by atomic mass is 9.83. The molecule has 33 heavy (non-hydrogen) atoms.